The van der Waals surface area contributed by atoms with Crippen LogP contribution in [0.4, 0.5) is 0 Å². The van der Waals surface area contributed by atoms with E-state index in [1.54, 1.807) is 23.2 Å². The molecule has 1 heteroatoms. The molecule has 0 aliphatic heterocycles. The fraction of sp³-hybridized carbons (Fsp3) is 0.571. The zero-order chi connectivity index (χ0) is 16.3. The van der Waals surface area contributed by atoms with E-state index in [9.17, 15) is 0 Å². The summed E-state index contributed by atoms with van der Waals surface area (Å²) >= 11 is -1.79. The molecule has 0 saturated carbocycles. The van der Waals surface area contributed by atoms with E-state index in [2.05, 4.69) is 59.8 Å². The van der Waals surface area contributed by atoms with Crippen LogP contribution < -0.4 is 0 Å². The number of hydrogen-bond acceptors (Lipinski definition) is 0. The van der Waals surface area contributed by atoms with Gasteiger partial charge in [-0.3, -0.25) is 0 Å². The van der Waals surface area contributed by atoms with Gasteiger partial charge in [0.15, 0.2) is 0 Å². The van der Waals surface area contributed by atoms with Gasteiger partial charge < -0.3 is 0 Å². The summed E-state index contributed by atoms with van der Waals surface area (Å²) in [7, 11) is 0. The van der Waals surface area contributed by atoms with Crippen molar-refractivity contribution in [3.05, 3.63) is 41.5 Å². The van der Waals surface area contributed by atoms with Crippen molar-refractivity contribution >= 4 is 3.21 Å². The molecule has 0 fully saturated rings. The Hall–Kier alpha value is -0.287. The van der Waals surface area contributed by atoms with Crippen LogP contribution in [0, 0.1) is 5.92 Å². The van der Waals surface area contributed by atoms with Crippen molar-refractivity contribution in [1.29, 1.82) is 0 Å². The summed E-state index contributed by atoms with van der Waals surface area (Å²) in [6.45, 7) is 14.4. The van der Waals surface area contributed by atoms with Crippen LogP contribution in [0.3, 0.4) is 0 Å². The van der Waals surface area contributed by atoms with Gasteiger partial charge in [-0.15, -0.1) is 0 Å². The molecule has 0 aromatic heterocycles. The van der Waals surface area contributed by atoms with Gasteiger partial charge in [0.05, 0.1) is 0 Å². The summed E-state index contributed by atoms with van der Waals surface area (Å²) < 4.78 is 5.42. The van der Waals surface area contributed by atoms with E-state index < -0.39 is 21.3 Å². The molecule has 120 valence electrons. The van der Waals surface area contributed by atoms with Crippen molar-refractivity contribution < 1.29 is 21.3 Å². The molecule has 0 bridgehead atoms. The molecule has 0 amide bonds. The molecular weight excluding hydrogens is 343 g/mol. The zero-order valence-electron chi connectivity index (χ0n) is 15.3. The molecule has 2 aliphatic carbocycles. The summed E-state index contributed by atoms with van der Waals surface area (Å²) in [6.07, 6.45) is 13.4. The third-order valence-electron chi connectivity index (χ3n) is 5.08. The van der Waals surface area contributed by atoms with E-state index in [1.165, 1.54) is 32.1 Å². The second kappa shape index (κ2) is 8.00. The van der Waals surface area contributed by atoms with Crippen LogP contribution in [0.5, 0.6) is 0 Å². The predicted molar refractivity (Wildman–Crippen MR) is 96.9 cm³/mol. The minimum atomic E-state index is -1.79. The molecule has 0 N–H and O–H groups in total. The van der Waals surface area contributed by atoms with Crippen LogP contribution in [0.2, 0.25) is 0 Å². The average Bonchev–Trinajstić information content (AvgIpc) is 3.06. The molecule has 1 unspecified atom stereocenters. The molecule has 0 aromatic carbocycles. The van der Waals surface area contributed by atoms with Crippen molar-refractivity contribution in [1.82, 2.24) is 0 Å². The second-order valence-electron chi connectivity index (χ2n) is 6.96. The Morgan fingerprint density at radius 1 is 1.18 bits per heavy atom. The molecule has 0 aromatic rings. The van der Waals surface area contributed by atoms with Gasteiger partial charge in [-0.2, -0.15) is 0 Å². The van der Waals surface area contributed by atoms with E-state index in [4.69, 9.17) is 0 Å². The molecular formula is C21H32Zr. The standard InChI is InChI=1S/C13H21.C5H5.C3H6.Zr/c1-5-7-12-10(3)9-11(4)13(12)8-6-2;1-2-4-5-3-1;1-3-2;/h10H,5-8H2,1-4H3;1-3H,4H2;1-2H3;. The van der Waals surface area contributed by atoms with Crippen LogP contribution in [0.25, 0.3) is 0 Å². The monoisotopic (exact) mass is 374 g/mol. The SMILES string of the molecule is CCCC1=C(CCC)C(C)[C]([Zr]([C]2=CC=CC2)=[C](C)C)=C1C. The number of rotatable bonds is 6. The van der Waals surface area contributed by atoms with Crippen molar-refractivity contribution in [3.63, 3.8) is 0 Å². The van der Waals surface area contributed by atoms with Gasteiger partial charge >= 0.3 is 146 Å². The summed E-state index contributed by atoms with van der Waals surface area (Å²) in [4.78, 5) is 0. The zero-order valence-corrected chi connectivity index (χ0v) is 17.8. The van der Waals surface area contributed by atoms with Crippen LogP contribution in [0.15, 0.2) is 41.5 Å². The first kappa shape index (κ1) is 18.1. The first-order chi connectivity index (χ1) is 10.5. The fourth-order valence-corrected chi connectivity index (χ4v) is 12.2. The normalized spacial score (nSPS) is 21.0. The van der Waals surface area contributed by atoms with Crippen LogP contribution in [-0.2, 0) is 21.3 Å². The molecule has 0 radical (unpaired) electrons. The maximum atomic E-state index is 2.50. The van der Waals surface area contributed by atoms with Crippen molar-refractivity contribution in [3.8, 4) is 0 Å². The Morgan fingerprint density at radius 2 is 1.86 bits per heavy atom. The van der Waals surface area contributed by atoms with Crippen molar-refractivity contribution in [2.24, 2.45) is 5.92 Å². The van der Waals surface area contributed by atoms with Crippen LogP contribution in [-0.4, -0.2) is 3.21 Å². The molecule has 2 rings (SSSR count). The van der Waals surface area contributed by atoms with E-state index in [0.29, 0.717) is 5.92 Å². The van der Waals surface area contributed by atoms with Crippen LogP contribution >= 0.6 is 0 Å². The van der Waals surface area contributed by atoms with Gasteiger partial charge in [-0.05, 0) is 0 Å². The first-order valence-electron chi connectivity index (χ1n) is 8.99. The Morgan fingerprint density at radius 3 is 2.36 bits per heavy atom. The van der Waals surface area contributed by atoms with E-state index in [-0.39, 0.29) is 0 Å². The maximum absolute atomic E-state index is 2.50. The van der Waals surface area contributed by atoms with Gasteiger partial charge in [-0.1, -0.05) is 0 Å². The summed E-state index contributed by atoms with van der Waals surface area (Å²) in [6, 6.07) is 0. The molecule has 22 heavy (non-hydrogen) atoms. The Kier molecular flexibility index (Phi) is 6.57. The number of allylic oxidation sites excluding steroid dienone is 8. The fourth-order valence-electron chi connectivity index (χ4n) is 4.20. The third kappa shape index (κ3) is 3.45. The Labute approximate surface area is 145 Å². The number of hydrogen-bond donors (Lipinski definition) is 0. The topological polar surface area (TPSA) is 0 Å². The van der Waals surface area contributed by atoms with Crippen LogP contribution in [0.1, 0.15) is 73.6 Å². The van der Waals surface area contributed by atoms with Gasteiger partial charge in [0.1, 0.15) is 0 Å². The van der Waals surface area contributed by atoms with E-state index in [1.807, 2.05) is 3.28 Å². The molecule has 0 saturated heterocycles. The summed E-state index contributed by atoms with van der Waals surface area (Å²) in [5.41, 5.74) is 5.21. The summed E-state index contributed by atoms with van der Waals surface area (Å²) in [5, 5.41) is 0. The second-order valence-corrected chi connectivity index (χ2v) is 14.2. The predicted octanol–water partition coefficient (Wildman–Crippen LogP) is 6.48. The van der Waals surface area contributed by atoms with Crippen molar-refractivity contribution in [2.75, 3.05) is 0 Å². The van der Waals surface area contributed by atoms with Gasteiger partial charge in [0.25, 0.3) is 0 Å². The van der Waals surface area contributed by atoms with E-state index >= 15 is 0 Å². The minimum absolute atomic E-state index is 0.715. The van der Waals surface area contributed by atoms with Crippen molar-refractivity contribution in [2.45, 2.75) is 73.6 Å². The van der Waals surface area contributed by atoms with E-state index in [0.717, 1.165) is 0 Å². The molecule has 0 spiro atoms. The third-order valence-corrected chi connectivity index (χ3v) is 13.3. The van der Waals surface area contributed by atoms with Gasteiger partial charge in [0.2, 0.25) is 0 Å². The Bertz CT molecular complexity index is 589. The molecule has 0 nitrogen and oxygen atoms in total. The first-order valence-corrected chi connectivity index (χ1v) is 12.7. The average molecular weight is 376 g/mol. The van der Waals surface area contributed by atoms with Gasteiger partial charge in [0, 0.05) is 0 Å². The Balaban J connectivity index is 2.49. The summed E-state index contributed by atoms with van der Waals surface area (Å²) in [5.74, 6) is 0.715. The molecule has 1 atom stereocenters. The van der Waals surface area contributed by atoms with Gasteiger partial charge in [-0.25, -0.2) is 0 Å². The molecule has 2 aliphatic rings. The molecule has 0 heterocycles. The quantitative estimate of drug-likeness (QED) is 0.498.